The molecule has 6 heteroatoms. The van der Waals surface area contributed by atoms with Crippen molar-refractivity contribution in [2.75, 3.05) is 5.32 Å². The topological polar surface area (TPSA) is 86.9 Å². The minimum Gasteiger partial charge on any atom is -0.344 e. The van der Waals surface area contributed by atoms with E-state index in [1.807, 2.05) is 6.92 Å². The fourth-order valence-electron chi connectivity index (χ4n) is 1.63. The summed E-state index contributed by atoms with van der Waals surface area (Å²) < 4.78 is 0. The van der Waals surface area contributed by atoms with Crippen LogP contribution in [0.25, 0.3) is 0 Å². The number of H-pyrrole nitrogens is 1. The Kier molecular flexibility index (Phi) is 2.89. The van der Waals surface area contributed by atoms with Crippen molar-refractivity contribution in [2.24, 2.45) is 0 Å². The molecule has 2 rings (SSSR count). The molecule has 16 heavy (non-hydrogen) atoms. The summed E-state index contributed by atoms with van der Waals surface area (Å²) in [4.78, 5) is 22.6. The first-order valence-corrected chi connectivity index (χ1v) is 5.33. The number of aryl methyl sites for hydroxylation is 1. The van der Waals surface area contributed by atoms with Crippen LogP contribution < -0.4 is 10.6 Å². The van der Waals surface area contributed by atoms with Crippen LogP contribution in [0.3, 0.4) is 0 Å². The van der Waals surface area contributed by atoms with E-state index in [1.54, 1.807) is 6.07 Å². The zero-order valence-corrected chi connectivity index (χ0v) is 9.04. The SMILES string of the molecule is CCc1cc(NC(=O)C2CCC(=O)N2)n[nH]1. The maximum absolute atomic E-state index is 11.7. The van der Waals surface area contributed by atoms with Crippen molar-refractivity contribution in [2.45, 2.75) is 32.2 Å². The van der Waals surface area contributed by atoms with E-state index >= 15 is 0 Å². The number of anilines is 1. The van der Waals surface area contributed by atoms with Gasteiger partial charge in [-0.3, -0.25) is 14.7 Å². The third kappa shape index (κ3) is 2.21. The van der Waals surface area contributed by atoms with E-state index < -0.39 is 6.04 Å². The molecular weight excluding hydrogens is 208 g/mol. The van der Waals surface area contributed by atoms with Gasteiger partial charge in [-0.15, -0.1) is 0 Å². The summed E-state index contributed by atoms with van der Waals surface area (Å²) in [6.45, 7) is 2.00. The number of nitrogens with zero attached hydrogens (tertiary/aromatic N) is 1. The molecule has 2 amide bonds. The number of hydrogen-bond donors (Lipinski definition) is 3. The summed E-state index contributed by atoms with van der Waals surface area (Å²) in [7, 11) is 0. The number of aromatic amines is 1. The first-order valence-electron chi connectivity index (χ1n) is 5.33. The lowest BCUT2D eigenvalue weighted by Crippen LogP contribution is -2.37. The molecule has 86 valence electrons. The molecule has 0 radical (unpaired) electrons. The number of hydrogen-bond acceptors (Lipinski definition) is 3. The molecule has 2 heterocycles. The van der Waals surface area contributed by atoms with E-state index in [4.69, 9.17) is 0 Å². The molecule has 0 aromatic carbocycles. The maximum atomic E-state index is 11.7. The molecule has 1 aromatic heterocycles. The van der Waals surface area contributed by atoms with Gasteiger partial charge in [-0.25, -0.2) is 0 Å². The van der Waals surface area contributed by atoms with Gasteiger partial charge in [0.25, 0.3) is 0 Å². The fraction of sp³-hybridized carbons (Fsp3) is 0.500. The van der Waals surface area contributed by atoms with Crippen molar-refractivity contribution in [3.8, 4) is 0 Å². The first-order chi connectivity index (χ1) is 7.69. The minimum atomic E-state index is -0.422. The van der Waals surface area contributed by atoms with Gasteiger partial charge in [-0.1, -0.05) is 6.92 Å². The number of nitrogens with one attached hydrogen (secondary N) is 3. The highest BCUT2D eigenvalue weighted by Gasteiger charge is 2.27. The summed E-state index contributed by atoms with van der Waals surface area (Å²) in [5.74, 6) is 0.222. The summed E-state index contributed by atoms with van der Waals surface area (Å²) in [5, 5.41) is 12.0. The fourth-order valence-corrected chi connectivity index (χ4v) is 1.63. The van der Waals surface area contributed by atoms with Crippen molar-refractivity contribution < 1.29 is 9.59 Å². The van der Waals surface area contributed by atoms with Gasteiger partial charge in [-0.2, -0.15) is 5.10 Å². The highest BCUT2D eigenvalue weighted by molar-refractivity contribution is 5.98. The van der Waals surface area contributed by atoms with Crippen LogP contribution in [0.1, 0.15) is 25.5 Å². The Morgan fingerprint density at radius 3 is 3.06 bits per heavy atom. The van der Waals surface area contributed by atoms with Crippen LogP contribution in [0, 0.1) is 0 Å². The molecule has 3 N–H and O–H groups in total. The van der Waals surface area contributed by atoms with Crippen LogP contribution in [0.2, 0.25) is 0 Å². The first kappa shape index (κ1) is 10.7. The number of amides is 2. The lowest BCUT2D eigenvalue weighted by molar-refractivity contribution is -0.122. The molecule has 1 atom stereocenters. The third-order valence-electron chi connectivity index (χ3n) is 2.57. The number of rotatable bonds is 3. The van der Waals surface area contributed by atoms with E-state index in [-0.39, 0.29) is 11.8 Å². The number of aromatic nitrogens is 2. The number of carbonyl (C=O) groups is 2. The van der Waals surface area contributed by atoms with Crippen LogP contribution in [0.5, 0.6) is 0 Å². The van der Waals surface area contributed by atoms with E-state index in [0.717, 1.165) is 12.1 Å². The van der Waals surface area contributed by atoms with Gasteiger partial charge in [-0.05, 0) is 12.8 Å². The standard InChI is InChI=1S/C10H14N4O2/c1-2-6-5-8(14-13-6)12-10(16)7-3-4-9(15)11-7/h5,7H,2-4H2,1H3,(H,11,15)(H2,12,13,14,16). The largest absolute Gasteiger partial charge is 0.344 e. The van der Waals surface area contributed by atoms with Crippen LogP contribution in [0.4, 0.5) is 5.82 Å². The molecule has 1 unspecified atom stereocenters. The Labute approximate surface area is 92.8 Å². The lowest BCUT2D eigenvalue weighted by atomic mass is 10.2. The molecule has 1 aromatic rings. The van der Waals surface area contributed by atoms with Crippen LogP contribution >= 0.6 is 0 Å². The zero-order valence-electron chi connectivity index (χ0n) is 9.04. The summed E-state index contributed by atoms with van der Waals surface area (Å²) in [5.41, 5.74) is 0.964. The Morgan fingerprint density at radius 1 is 1.69 bits per heavy atom. The molecule has 1 fully saturated rings. The molecule has 0 spiro atoms. The van der Waals surface area contributed by atoms with Crippen LogP contribution in [-0.2, 0) is 16.0 Å². The van der Waals surface area contributed by atoms with Gasteiger partial charge in [0.05, 0.1) is 0 Å². The van der Waals surface area contributed by atoms with E-state index in [2.05, 4.69) is 20.8 Å². The molecule has 1 aliphatic rings. The molecule has 0 saturated carbocycles. The normalized spacial score (nSPS) is 19.6. The van der Waals surface area contributed by atoms with E-state index in [0.29, 0.717) is 18.7 Å². The van der Waals surface area contributed by atoms with Gasteiger partial charge < -0.3 is 10.6 Å². The van der Waals surface area contributed by atoms with Gasteiger partial charge in [0.1, 0.15) is 6.04 Å². The van der Waals surface area contributed by atoms with Gasteiger partial charge in [0.15, 0.2) is 5.82 Å². The van der Waals surface area contributed by atoms with E-state index in [9.17, 15) is 9.59 Å². The third-order valence-corrected chi connectivity index (χ3v) is 2.57. The highest BCUT2D eigenvalue weighted by Crippen LogP contribution is 2.10. The highest BCUT2D eigenvalue weighted by atomic mass is 16.2. The Hall–Kier alpha value is -1.85. The van der Waals surface area contributed by atoms with Crippen LogP contribution in [0.15, 0.2) is 6.07 Å². The van der Waals surface area contributed by atoms with Crippen molar-refractivity contribution in [3.05, 3.63) is 11.8 Å². The predicted molar refractivity (Wildman–Crippen MR) is 57.8 cm³/mol. The van der Waals surface area contributed by atoms with Crippen molar-refractivity contribution >= 4 is 17.6 Å². The van der Waals surface area contributed by atoms with Crippen molar-refractivity contribution in [1.82, 2.24) is 15.5 Å². The molecule has 1 aliphatic heterocycles. The van der Waals surface area contributed by atoms with Crippen molar-refractivity contribution in [3.63, 3.8) is 0 Å². The Balaban J connectivity index is 1.94. The summed E-state index contributed by atoms with van der Waals surface area (Å²) in [6, 6.07) is 1.36. The summed E-state index contributed by atoms with van der Waals surface area (Å²) >= 11 is 0. The lowest BCUT2D eigenvalue weighted by Gasteiger charge is -2.08. The molecule has 6 nitrogen and oxygen atoms in total. The molecule has 0 bridgehead atoms. The van der Waals surface area contributed by atoms with Gasteiger partial charge in [0.2, 0.25) is 11.8 Å². The van der Waals surface area contributed by atoms with Gasteiger partial charge >= 0.3 is 0 Å². The maximum Gasteiger partial charge on any atom is 0.248 e. The molecule has 1 saturated heterocycles. The van der Waals surface area contributed by atoms with Gasteiger partial charge in [0, 0.05) is 18.2 Å². The quantitative estimate of drug-likeness (QED) is 0.682. The average molecular weight is 222 g/mol. The summed E-state index contributed by atoms with van der Waals surface area (Å²) in [6.07, 6.45) is 1.80. The van der Waals surface area contributed by atoms with Crippen molar-refractivity contribution in [1.29, 1.82) is 0 Å². The predicted octanol–water partition coefficient (Wildman–Crippen LogP) is 0.189. The number of carbonyl (C=O) groups excluding carboxylic acids is 2. The average Bonchev–Trinajstić information content (AvgIpc) is 2.87. The second-order valence-corrected chi connectivity index (χ2v) is 3.78. The molecular formula is C10H14N4O2. The van der Waals surface area contributed by atoms with E-state index in [1.165, 1.54) is 0 Å². The second-order valence-electron chi connectivity index (χ2n) is 3.78. The smallest absolute Gasteiger partial charge is 0.248 e. The van der Waals surface area contributed by atoms with Crippen LogP contribution in [-0.4, -0.2) is 28.1 Å². The Bertz CT molecular complexity index is 413. The monoisotopic (exact) mass is 222 g/mol. The second kappa shape index (κ2) is 4.34. The molecule has 0 aliphatic carbocycles. The minimum absolute atomic E-state index is 0.0728. The Morgan fingerprint density at radius 2 is 2.50 bits per heavy atom. The zero-order chi connectivity index (χ0) is 11.5.